The Balaban J connectivity index is 0.944. The lowest BCUT2D eigenvalue weighted by Crippen LogP contribution is -2.10. The quantitative estimate of drug-likeness (QED) is 0.158. The van der Waals surface area contributed by atoms with Crippen molar-refractivity contribution in [3.8, 4) is 39.1 Å². The number of nitrogens with zero attached hydrogens (tertiary/aromatic N) is 2. The molecular formula is C54H36N2S. The first-order valence-corrected chi connectivity index (χ1v) is 20.2. The molecule has 2 aromatic heterocycles. The summed E-state index contributed by atoms with van der Waals surface area (Å²) < 4.78 is 5.06. The van der Waals surface area contributed by atoms with Gasteiger partial charge in [0.25, 0.3) is 0 Å². The number of thiophene rings is 1. The maximum atomic E-state index is 2.42. The van der Waals surface area contributed by atoms with Gasteiger partial charge in [0.1, 0.15) is 0 Å². The molecule has 11 aromatic rings. The Morgan fingerprint density at radius 1 is 0.298 bits per heavy atom. The van der Waals surface area contributed by atoms with Gasteiger partial charge in [-0.25, -0.2) is 0 Å². The van der Waals surface area contributed by atoms with Gasteiger partial charge in [-0.2, -0.15) is 0 Å². The number of aromatic nitrogens is 1. The van der Waals surface area contributed by atoms with Gasteiger partial charge >= 0.3 is 0 Å². The van der Waals surface area contributed by atoms with E-state index in [-0.39, 0.29) is 0 Å². The van der Waals surface area contributed by atoms with Crippen LogP contribution < -0.4 is 4.90 Å². The lowest BCUT2D eigenvalue weighted by atomic mass is 9.98. The molecule has 0 spiro atoms. The summed E-state index contributed by atoms with van der Waals surface area (Å²) in [6, 6.07) is 79.3. The summed E-state index contributed by atoms with van der Waals surface area (Å²) in [6.45, 7) is 0. The Morgan fingerprint density at radius 3 is 1.53 bits per heavy atom. The number of rotatable bonds is 7. The highest BCUT2D eigenvalue weighted by Crippen LogP contribution is 2.41. The van der Waals surface area contributed by atoms with Gasteiger partial charge in [0.05, 0.1) is 11.0 Å². The molecule has 0 unspecified atom stereocenters. The van der Waals surface area contributed by atoms with Crippen LogP contribution in [0.5, 0.6) is 0 Å². The molecule has 57 heavy (non-hydrogen) atoms. The molecule has 3 heteroatoms. The molecule has 0 saturated heterocycles. The van der Waals surface area contributed by atoms with Crippen molar-refractivity contribution in [2.24, 2.45) is 0 Å². The molecule has 11 rings (SSSR count). The lowest BCUT2D eigenvalue weighted by molar-refractivity contribution is 1.19. The van der Waals surface area contributed by atoms with Crippen LogP contribution in [0.2, 0.25) is 0 Å². The van der Waals surface area contributed by atoms with Crippen LogP contribution in [0.25, 0.3) is 81.0 Å². The summed E-state index contributed by atoms with van der Waals surface area (Å²) in [5.41, 5.74) is 14.1. The molecule has 0 aliphatic carbocycles. The van der Waals surface area contributed by atoms with Gasteiger partial charge in [-0.1, -0.05) is 146 Å². The summed E-state index contributed by atoms with van der Waals surface area (Å²) in [5.74, 6) is 0. The van der Waals surface area contributed by atoms with Crippen LogP contribution in [0.4, 0.5) is 17.1 Å². The average Bonchev–Trinajstić information content (AvgIpc) is 3.82. The zero-order chi connectivity index (χ0) is 37.7. The van der Waals surface area contributed by atoms with Crippen molar-refractivity contribution in [2.45, 2.75) is 0 Å². The second kappa shape index (κ2) is 13.8. The van der Waals surface area contributed by atoms with Crippen LogP contribution in [0.3, 0.4) is 0 Å². The van der Waals surface area contributed by atoms with E-state index in [4.69, 9.17) is 0 Å². The number of benzene rings is 9. The standard InChI is InChI=1S/C54H36N2S/c1-3-13-37(14-4-1)40-15-11-19-44(33-40)55(43-17-5-2-6-18-43)45-20-12-16-41(34-45)38-25-27-39(28-26-38)42-29-32-52-50(35-42)47-21-7-9-23-51(47)56(52)46-30-31-49-48-22-8-10-24-53(48)57-54(49)36-46/h1-36H. The van der Waals surface area contributed by atoms with Gasteiger partial charge in [0.2, 0.25) is 0 Å². The molecule has 0 bridgehead atoms. The predicted octanol–water partition coefficient (Wildman–Crippen LogP) is 15.6. The number of hydrogen-bond donors (Lipinski definition) is 0. The van der Waals surface area contributed by atoms with E-state index in [2.05, 4.69) is 228 Å². The van der Waals surface area contributed by atoms with Crippen LogP contribution in [-0.2, 0) is 0 Å². The molecule has 0 aliphatic heterocycles. The first-order chi connectivity index (χ1) is 28.2. The second-order valence-electron chi connectivity index (χ2n) is 14.6. The molecule has 2 heterocycles. The molecule has 0 amide bonds. The first-order valence-electron chi connectivity index (χ1n) is 19.4. The van der Waals surface area contributed by atoms with Crippen molar-refractivity contribution in [2.75, 3.05) is 4.90 Å². The van der Waals surface area contributed by atoms with E-state index in [1.54, 1.807) is 0 Å². The maximum Gasteiger partial charge on any atom is 0.0541 e. The average molecular weight is 745 g/mol. The van der Waals surface area contributed by atoms with Crippen molar-refractivity contribution < 1.29 is 0 Å². The third-order valence-corrected chi connectivity index (χ3v) is 12.3. The molecule has 0 atom stereocenters. The number of fused-ring (bicyclic) bond motifs is 6. The predicted molar refractivity (Wildman–Crippen MR) is 245 cm³/mol. The molecule has 0 radical (unpaired) electrons. The Hall–Kier alpha value is -7.20. The molecule has 0 fully saturated rings. The largest absolute Gasteiger partial charge is 0.310 e. The molecule has 2 nitrogen and oxygen atoms in total. The lowest BCUT2D eigenvalue weighted by Gasteiger charge is -2.26. The van der Waals surface area contributed by atoms with Crippen LogP contribution in [-0.4, -0.2) is 4.57 Å². The summed E-state index contributed by atoms with van der Waals surface area (Å²) in [4.78, 5) is 2.34. The number of anilines is 3. The van der Waals surface area contributed by atoms with E-state index in [0.717, 1.165) is 17.1 Å². The van der Waals surface area contributed by atoms with Gasteiger partial charge in [0.15, 0.2) is 0 Å². The third kappa shape index (κ3) is 5.88. The monoisotopic (exact) mass is 744 g/mol. The van der Waals surface area contributed by atoms with Crippen molar-refractivity contribution in [1.82, 2.24) is 4.57 Å². The van der Waals surface area contributed by atoms with Gasteiger partial charge in [-0.15, -0.1) is 11.3 Å². The van der Waals surface area contributed by atoms with Gasteiger partial charge in [-0.3, -0.25) is 0 Å². The fourth-order valence-corrected chi connectivity index (χ4v) is 9.58. The highest BCUT2D eigenvalue weighted by molar-refractivity contribution is 7.25. The minimum atomic E-state index is 1.11. The van der Waals surface area contributed by atoms with E-state index in [1.165, 1.54) is 81.0 Å². The van der Waals surface area contributed by atoms with E-state index < -0.39 is 0 Å². The Labute approximate surface area is 335 Å². The smallest absolute Gasteiger partial charge is 0.0541 e. The van der Waals surface area contributed by atoms with E-state index in [1.807, 2.05) is 11.3 Å². The van der Waals surface area contributed by atoms with Crippen molar-refractivity contribution >= 4 is 70.4 Å². The summed E-state index contributed by atoms with van der Waals surface area (Å²) in [6.07, 6.45) is 0. The Morgan fingerprint density at radius 2 is 0.807 bits per heavy atom. The highest BCUT2D eigenvalue weighted by Gasteiger charge is 2.17. The molecule has 0 N–H and O–H groups in total. The molecular weight excluding hydrogens is 709 g/mol. The molecule has 0 saturated carbocycles. The van der Waals surface area contributed by atoms with E-state index in [0.29, 0.717) is 0 Å². The molecule has 0 aliphatic rings. The highest BCUT2D eigenvalue weighted by atomic mass is 32.1. The van der Waals surface area contributed by atoms with Gasteiger partial charge < -0.3 is 9.47 Å². The zero-order valence-electron chi connectivity index (χ0n) is 31.1. The Bertz CT molecular complexity index is 3230. The van der Waals surface area contributed by atoms with Crippen LogP contribution >= 0.6 is 11.3 Å². The first kappa shape index (κ1) is 33.2. The maximum absolute atomic E-state index is 2.42. The normalized spacial score (nSPS) is 11.5. The minimum Gasteiger partial charge on any atom is -0.310 e. The van der Waals surface area contributed by atoms with Crippen LogP contribution in [0.15, 0.2) is 218 Å². The van der Waals surface area contributed by atoms with Crippen molar-refractivity contribution in [1.29, 1.82) is 0 Å². The van der Waals surface area contributed by atoms with Crippen LogP contribution in [0, 0.1) is 0 Å². The summed E-state index contributed by atoms with van der Waals surface area (Å²) >= 11 is 1.87. The third-order valence-electron chi connectivity index (χ3n) is 11.2. The minimum absolute atomic E-state index is 1.11. The van der Waals surface area contributed by atoms with Crippen molar-refractivity contribution in [3.63, 3.8) is 0 Å². The van der Waals surface area contributed by atoms with E-state index in [9.17, 15) is 0 Å². The Kier molecular flexibility index (Phi) is 8.04. The zero-order valence-corrected chi connectivity index (χ0v) is 31.9. The van der Waals surface area contributed by atoms with Crippen LogP contribution in [0.1, 0.15) is 0 Å². The van der Waals surface area contributed by atoms with Gasteiger partial charge in [-0.05, 0) is 106 Å². The van der Waals surface area contributed by atoms with E-state index >= 15 is 0 Å². The molecule has 9 aromatic carbocycles. The summed E-state index contributed by atoms with van der Waals surface area (Å²) in [7, 11) is 0. The fraction of sp³-hybridized carbons (Fsp3) is 0. The van der Waals surface area contributed by atoms with Gasteiger partial charge in [0, 0.05) is 53.7 Å². The summed E-state index contributed by atoms with van der Waals surface area (Å²) in [5, 5.41) is 5.17. The van der Waals surface area contributed by atoms with Crippen molar-refractivity contribution in [3.05, 3.63) is 218 Å². The topological polar surface area (TPSA) is 8.17 Å². The SMILES string of the molecule is c1ccc(-c2cccc(N(c3ccccc3)c3cccc(-c4ccc(-c5ccc6c(c5)c5ccccc5n6-c5ccc6c(c5)sc5ccccc56)cc4)c3)c2)cc1. The fourth-order valence-electron chi connectivity index (χ4n) is 8.44. The second-order valence-corrected chi connectivity index (χ2v) is 15.7. The number of hydrogen-bond acceptors (Lipinski definition) is 2. The molecule has 268 valence electrons. The number of para-hydroxylation sites is 2.